The molecule has 1 aromatic heterocycles. The van der Waals surface area contributed by atoms with E-state index in [1.165, 1.54) is 13.0 Å². The first-order valence-electron chi connectivity index (χ1n) is 17.6. The number of carbonyl (C=O) groups excluding carboxylic acids is 2. The molecule has 16 heteroatoms. The third kappa shape index (κ3) is 16.8. The zero-order valence-electron chi connectivity index (χ0n) is 30.3. The normalized spacial score (nSPS) is 20.2. The molecule has 52 heavy (non-hydrogen) atoms. The molecule has 1 unspecified atom stereocenters. The molecule has 2 rings (SSSR count). The van der Waals surface area contributed by atoms with Gasteiger partial charge in [0.15, 0.2) is 6.10 Å². The Bertz CT molecular complexity index is 1500. The van der Waals surface area contributed by atoms with Gasteiger partial charge in [0.1, 0.15) is 12.6 Å². The molecule has 4 N–H and O–H groups in total. The molecule has 1 aliphatic heterocycles. The van der Waals surface area contributed by atoms with Gasteiger partial charge >= 0.3 is 25.3 Å². The molecule has 0 bridgehead atoms. The van der Waals surface area contributed by atoms with Crippen LogP contribution >= 0.6 is 7.67 Å². The van der Waals surface area contributed by atoms with Crippen LogP contribution in [0, 0.1) is 6.92 Å². The predicted octanol–water partition coefficient (Wildman–Crippen LogP) is 5.35. The van der Waals surface area contributed by atoms with Crippen LogP contribution in [-0.2, 0) is 28.2 Å². The molecule has 0 spiro atoms. The minimum Gasteiger partial charge on any atom is -0.465 e. The van der Waals surface area contributed by atoms with E-state index < -0.39 is 56.8 Å². The Balaban J connectivity index is 1.74. The first kappa shape index (κ1) is 44.6. The molecule has 290 valence electrons. The van der Waals surface area contributed by atoms with E-state index in [0.717, 1.165) is 44.7 Å². The molecule has 13 nitrogen and oxygen atoms in total. The number of aromatic nitrogens is 2. The van der Waals surface area contributed by atoms with Crippen LogP contribution in [0.5, 0.6) is 0 Å². The monoisotopic (exact) mass is 753 g/mol. The maximum absolute atomic E-state index is 14.9. The van der Waals surface area contributed by atoms with Crippen LogP contribution in [0.15, 0.2) is 77.8 Å². The molecular weight excluding hydrogens is 699 g/mol. The fourth-order valence-electron chi connectivity index (χ4n) is 4.73. The van der Waals surface area contributed by atoms with E-state index >= 15 is 0 Å². The van der Waals surface area contributed by atoms with Gasteiger partial charge in [0.25, 0.3) is 0 Å². The number of nitrogens with one attached hydrogen (secondary N) is 3. The highest BCUT2D eigenvalue weighted by atomic mass is 31.2. The summed E-state index contributed by atoms with van der Waals surface area (Å²) in [6.45, 7) is 3.90. The van der Waals surface area contributed by atoms with Gasteiger partial charge in [-0.15, -0.1) is 0 Å². The second-order valence-electron chi connectivity index (χ2n) is 11.8. The van der Waals surface area contributed by atoms with Crippen molar-refractivity contribution in [1.29, 1.82) is 0 Å². The van der Waals surface area contributed by atoms with Gasteiger partial charge in [0, 0.05) is 31.4 Å². The lowest BCUT2D eigenvalue weighted by Gasteiger charge is -2.23. The number of allylic oxidation sites excluding steroid dienone is 10. The van der Waals surface area contributed by atoms with Gasteiger partial charge in [-0.05, 0) is 64.9 Å². The van der Waals surface area contributed by atoms with E-state index in [9.17, 15) is 32.8 Å². The largest absolute Gasteiger partial charge is 0.465 e. The minimum atomic E-state index is -4.13. The number of aryl methyl sites for hydroxylation is 1. The standard InChI is InChI=1S/C36H54F2N5O8P/c1-4-6-7-8-9-10-11-12-13-14-15-16-17-18-19-20-21-22-31(44)39-24-25-40-52(48,41-27-32(45)49-5-2)50-28-30-33(46)36(37,38)34(51-30)43-26-23-29(3)42-35(43)47/h6-7,9-10,12-13,15-16,18-19,23,26,30,33-34,46H,4-5,8,11,14,17,20-22,24-25,27-28H2,1-3H3,(H,39,44)(H2,40,41,48)/b7-6-,10-9-,13-12-,16-15-,19-18-/t30-,33-,34-,52?/m1/s1. The molecule has 1 saturated heterocycles. The molecule has 1 amide bonds. The maximum Gasteiger partial charge on any atom is 0.350 e. The Morgan fingerprint density at radius 3 is 2.21 bits per heavy atom. The van der Waals surface area contributed by atoms with Crippen molar-refractivity contribution in [1.82, 2.24) is 25.0 Å². The number of halogens is 2. The summed E-state index contributed by atoms with van der Waals surface area (Å²) in [7, 11) is -4.13. The van der Waals surface area contributed by atoms with Crippen LogP contribution < -0.4 is 21.2 Å². The van der Waals surface area contributed by atoms with Crippen molar-refractivity contribution in [3.8, 4) is 0 Å². The molecule has 0 radical (unpaired) electrons. The lowest BCUT2D eigenvalue weighted by atomic mass is 10.1. The van der Waals surface area contributed by atoms with Crippen LogP contribution in [0.1, 0.15) is 77.1 Å². The highest BCUT2D eigenvalue weighted by Gasteiger charge is 2.60. The number of hydrogen-bond donors (Lipinski definition) is 4. The second kappa shape index (κ2) is 24.6. The summed E-state index contributed by atoms with van der Waals surface area (Å²) < 4.78 is 59.5. The van der Waals surface area contributed by atoms with Gasteiger partial charge in [-0.25, -0.2) is 15.0 Å². The average molecular weight is 754 g/mol. The van der Waals surface area contributed by atoms with E-state index in [4.69, 9.17) is 14.0 Å². The van der Waals surface area contributed by atoms with Crippen LogP contribution in [0.2, 0.25) is 0 Å². The van der Waals surface area contributed by atoms with Crippen LogP contribution in [0.3, 0.4) is 0 Å². The Hall–Kier alpha value is -3.59. The fraction of sp³-hybridized carbons (Fsp3) is 0.556. The van der Waals surface area contributed by atoms with Crippen molar-refractivity contribution >= 4 is 19.5 Å². The summed E-state index contributed by atoms with van der Waals surface area (Å²) in [5.74, 6) is -4.88. The Kier molecular flexibility index (Phi) is 21.1. The SMILES string of the molecule is CC/C=C\C/C=C\C/C=C\C/C=C\C/C=C\CCCC(=O)NCCNP(=O)(NCC(=O)OCC)OC[C@H]1O[C@@H](n2ccc(C)nc2=O)C(F)(F)[C@@H]1O. The molecule has 0 aromatic carbocycles. The van der Waals surface area contributed by atoms with E-state index in [-0.39, 0.29) is 32.0 Å². The number of ether oxygens (including phenoxy) is 2. The molecule has 1 aliphatic rings. The number of alkyl halides is 2. The number of hydrogen-bond acceptors (Lipinski definition) is 9. The first-order valence-corrected chi connectivity index (χ1v) is 19.2. The van der Waals surface area contributed by atoms with Gasteiger partial charge in [-0.2, -0.15) is 13.8 Å². The topological polar surface area (TPSA) is 170 Å². The number of aliphatic hydroxyl groups is 1. The number of rotatable bonds is 25. The molecule has 1 fully saturated rings. The molecule has 0 aliphatic carbocycles. The van der Waals surface area contributed by atoms with Crippen molar-refractivity contribution in [2.45, 2.75) is 96.5 Å². The summed E-state index contributed by atoms with van der Waals surface area (Å²) >= 11 is 0. The van der Waals surface area contributed by atoms with Crippen molar-refractivity contribution in [3.63, 3.8) is 0 Å². The predicted molar refractivity (Wildman–Crippen MR) is 196 cm³/mol. The van der Waals surface area contributed by atoms with Gasteiger partial charge in [0.2, 0.25) is 12.1 Å². The van der Waals surface area contributed by atoms with Gasteiger partial charge in [0.05, 0.1) is 13.2 Å². The van der Waals surface area contributed by atoms with E-state index in [0.29, 0.717) is 16.7 Å². The number of nitrogens with zero attached hydrogens (tertiary/aromatic N) is 2. The van der Waals surface area contributed by atoms with Crippen LogP contribution in [-0.4, -0.2) is 77.5 Å². The zero-order valence-corrected chi connectivity index (χ0v) is 31.1. The summed E-state index contributed by atoms with van der Waals surface area (Å²) in [5.41, 5.74) is -0.696. The number of esters is 1. The highest BCUT2D eigenvalue weighted by Crippen LogP contribution is 2.44. The van der Waals surface area contributed by atoms with E-state index in [1.807, 2.05) is 12.2 Å². The van der Waals surface area contributed by atoms with Gasteiger partial charge in [-0.3, -0.25) is 18.7 Å². The smallest absolute Gasteiger partial charge is 0.350 e. The zero-order chi connectivity index (χ0) is 38.2. The molecular formula is C36H54F2N5O8P. The maximum atomic E-state index is 14.9. The molecule has 4 atom stereocenters. The summed E-state index contributed by atoms with van der Waals surface area (Å²) in [5, 5.41) is 18.0. The number of carbonyl (C=O) groups is 2. The Morgan fingerprint density at radius 1 is 1.00 bits per heavy atom. The fourth-order valence-corrected chi connectivity index (χ4v) is 6.13. The van der Waals surface area contributed by atoms with Gasteiger partial charge in [-0.1, -0.05) is 67.7 Å². The summed E-state index contributed by atoms with van der Waals surface area (Å²) in [6, 6.07) is 1.33. The molecule has 0 saturated carbocycles. The number of amides is 1. The quantitative estimate of drug-likeness (QED) is 0.0440. The lowest BCUT2D eigenvalue weighted by Crippen LogP contribution is -2.42. The summed E-state index contributed by atoms with van der Waals surface area (Å²) in [6.07, 6.45) is 22.2. The lowest BCUT2D eigenvalue weighted by molar-refractivity contribution is -0.141. The average Bonchev–Trinajstić information content (AvgIpc) is 3.33. The third-order valence-electron chi connectivity index (χ3n) is 7.46. The van der Waals surface area contributed by atoms with Crippen molar-refractivity contribution in [3.05, 3.63) is 89.2 Å². The Labute approximate surface area is 304 Å². The molecule has 1 aromatic rings. The van der Waals surface area contributed by atoms with Crippen LogP contribution in [0.25, 0.3) is 0 Å². The van der Waals surface area contributed by atoms with Gasteiger partial charge < -0.3 is 24.4 Å². The minimum absolute atomic E-state index is 0.0426. The van der Waals surface area contributed by atoms with Crippen molar-refractivity contribution < 1.29 is 42.0 Å². The Morgan fingerprint density at radius 2 is 1.62 bits per heavy atom. The number of aliphatic hydroxyl groups excluding tert-OH is 1. The van der Waals surface area contributed by atoms with Crippen molar-refractivity contribution in [2.75, 3.05) is 32.8 Å². The third-order valence-corrected chi connectivity index (χ3v) is 9.19. The molecule has 2 heterocycles. The first-order chi connectivity index (χ1) is 24.9. The summed E-state index contributed by atoms with van der Waals surface area (Å²) in [4.78, 5) is 40.0. The van der Waals surface area contributed by atoms with Crippen LogP contribution in [0.4, 0.5) is 8.78 Å². The van der Waals surface area contributed by atoms with E-state index in [1.54, 1.807) is 6.92 Å². The van der Waals surface area contributed by atoms with Crippen molar-refractivity contribution in [2.24, 2.45) is 0 Å². The highest BCUT2D eigenvalue weighted by molar-refractivity contribution is 7.54. The van der Waals surface area contributed by atoms with E-state index in [2.05, 4.69) is 76.0 Å². The second-order valence-corrected chi connectivity index (χ2v) is 13.7. The number of unbranched alkanes of at least 4 members (excludes halogenated alkanes) is 1.